The first-order chi connectivity index (χ1) is 14.5. The van der Waals surface area contributed by atoms with E-state index in [1.165, 1.54) is 4.88 Å². The van der Waals surface area contributed by atoms with Crippen molar-refractivity contribution in [1.82, 2.24) is 4.90 Å². The molecule has 1 atom stereocenters. The highest BCUT2D eigenvalue weighted by Gasteiger charge is 2.44. The maximum atomic E-state index is 13.0. The number of hydrogen-bond donors (Lipinski definition) is 1. The Hall–Kier alpha value is -3.12. The van der Waals surface area contributed by atoms with E-state index < -0.39 is 5.41 Å². The number of primary amides is 1. The number of thiophene rings is 1. The van der Waals surface area contributed by atoms with E-state index in [0.717, 1.165) is 11.1 Å². The molecule has 1 saturated heterocycles. The number of carbonyl (C=O) groups is 2. The fourth-order valence-electron chi connectivity index (χ4n) is 4.04. The molecular weight excluding hydrogens is 396 g/mol. The Balaban J connectivity index is 1.51. The average molecular weight is 421 g/mol. The van der Waals surface area contributed by atoms with Crippen LogP contribution in [0.4, 0.5) is 0 Å². The summed E-state index contributed by atoms with van der Waals surface area (Å²) in [6, 6.07) is 19.4. The number of amides is 2. The molecule has 0 aliphatic carbocycles. The van der Waals surface area contributed by atoms with Crippen molar-refractivity contribution in [2.75, 3.05) is 20.2 Å². The second-order valence-corrected chi connectivity index (χ2v) is 8.65. The lowest BCUT2D eigenvalue weighted by molar-refractivity contribution is -0.126. The number of hydrogen-bond acceptors (Lipinski definition) is 4. The lowest BCUT2D eigenvalue weighted by Gasteiger charge is -2.26. The van der Waals surface area contributed by atoms with Crippen LogP contribution in [0.25, 0.3) is 10.4 Å². The molecule has 2 aromatic carbocycles. The van der Waals surface area contributed by atoms with E-state index in [2.05, 4.69) is 23.6 Å². The Kier molecular flexibility index (Phi) is 5.59. The van der Waals surface area contributed by atoms with Gasteiger partial charge in [-0.1, -0.05) is 36.4 Å². The van der Waals surface area contributed by atoms with Crippen LogP contribution in [0.3, 0.4) is 0 Å². The Bertz CT molecular complexity index is 1050. The fourth-order valence-corrected chi connectivity index (χ4v) is 4.77. The molecule has 30 heavy (non-hydrogen) atoms. The van der Waals surface area contributed by atoms with Gasteiger partial charge in [0.15, 0.2) is 0 Å². The molecule has 2 amide bonds. The number of ether oxygens (including phenoxy) is 1. The van der Waals surface area contributed by atoms with Crippen LogP contribution < -0.4 is 10.5 Å². The maximum absolute atomic E-state index is 13.0. The molecule has 0 radical (unpaired) electrons. The highest BCUT2D eigenvalue weighted by atomic mass is 32.1. The van der Waals surface area contributed by atoms with Crippen LogP contribution in [0.5, 0.6) is 5.75 Å². The van der Waals surface area contributed by atoms with Crippen LogP contribution in [0.1, 0.15) is 22.3 Å². The van der Waals surface area contributed by atoms with Gasteiger partial charge in [0.1, 0.15) is 5.75 Å². The molecule has 2 N–H and O–H groups in total. The molecule has 2 heterocycles. The first-order valence-electron chi connectivity index (χ1n) is 9.87. The Morgan fingerprint density at radius 1 is 1.13 bits per heavy atom. The molecule has 6 heteroatoms. The van der Waals surface area contributed by atoms with Gasteiger partial charge in [0, 0.05) is 23.5 Å². The van der Waals surface area contributed by atoms with Crippen molar-refractivity contribution in [2.24, 2.45) is 11.1 Å². The Morgan fingerprint density at radius 3 is 2.60 bits per heavy atom. The quantitative estimate of drug-likeness (QED) is 0.655. The molecule has 1 aromatic heterocycles. The number of methoxy groups -OCH3 is 1. The summed E-state index contributed by atoms with van der Waals surface area (Å²) >= 11 is 1.70. The van der Waals surface area contributed by atoms with Gasteiger partial charge in [-0.3, -0.25) is 9.59 Å². The zero-order valence-electron chi connectivity index (χ0n) is 16.8. The number of carbonyl (C=O) groups excluding carboxylic acids is 2. The molecule has 1 fully saturated rings. The first-order valence-corrected chi connectivity index (χ1v) is 10.7. The molecular formula is C24H24N2O3S. The second kappa shape index (κ2) is 8.32. The predicted octanol–water partition coefficient (Wildman–Crippen LogP) is 3.98. The monoisotopic (exact) mass is 420 g/mol. The van der Waals surface area contributed by atoms with Crippen molar-refractivity contribution < 1.29 is 14.3 Å². The minimum Gasteiger partial charge on any atom is -0.497 e. The van der Waals surface area contributed by atoms with Crippen LogP contribution in [0, 0.1) is 5.41 Å². The summed E-state index contributed by atoms with van der Waals surface area (Å²) < 4.78 is 5.22. The highest BCUT2D eigenvalue weighted by Crippen LogP contribution is 2.36. The van der Waals surface area contributed by atoms with E-state index >= 15 is 0 Å². The van der Waals surface area contributed by atoms with E-state index in [1.807, 2.05) is 18.2 Å². The molecule has 154 valence electrons. The second-order valence-electron chi connectivity index (χ2n) is 7.70. The van der Waals surface area contributed by atoms with Gasteiger partial charge in [-0.25, -0.2) is 0 Å². The smallest absolute Gasteiger partial charge is 0.254 e. The molecule has 4 rings (SSSR count). The van der Waals surface area contributed by atoms with Crippen LogP contribution in [0.2, 0.25) is 0 Å². The summed E-state index contributed by atoms with van der Waals surface area (Å²) in [7, 11) is 1.57. The third-order valence-electron chi connectivity index (χ3n) is 5.78. The molecule has 0 spiro atoms. The van der Waals surface area contributed by atoms with Crippen molar-refractivity contribution in [3.63, 3.8) is 0 Å². The number of nitrogens with zero attached hydrogens (tertiary/aromatic N) is 1. The lowest BCUT2D eigenvalue weighted by Crippen LogP contribution is -2.42. The first kappa shape index (κ1) is 20.2. The Labute approximate surface area is 180 Å². The van der Waals surface area contributed by atoms with Gasteiger partial charge < -0.3 is 15.4 Å². The van der Waals surface area contributed by atoms with Crippen molar-refractivity contribution in [2.45, 2.75) is 12.8 Å². The van der Waals surface area contributed by atoms with E-state index in [9.17, 15) is 9.59 Å². The number of rotatable bonds is 6. The fraction of sp³-hybridized carbons (Fsp3) is 0.250. The summed E-state index contributed by atoms with van der Waals surface area (Å²) in [6.45, 7) is 0.831. The van der Waals surface area contributed by atoms with E-state index in [-0.39, 0.29) is 11.8 Å². The third kappa shape index (κ3) is 3.96. The number of nitrogens with two attached hydrogens (primary N) is 1. The summed E-state index contributed by atoms with van der Waals surface area (Å²) in [5.41, 5.74) is 7.84. The van der Waals surface area contributed by atoms with Crippen molar-refractivity contribution in [3.8, 4) is 16.2 Å². The summed E-state index contributed by atoms with van der Waals surface area (Å²) in [5, 5.41) is 2.05. The van der Waals surface area contributed by atoms with E-state index in [4.69, 9.17) is 10.5 Å². The molecule has 3 aromatic rings. The molecule has 0 unspecified atom stereocenters. The molecule has 0 bridgehead atoms. The van der Waals surface area contributed by atoms with Crippen LogP contribution >= 0.6 is 11.3 Å². The molecule has 0 saturated carbocycles. The molecule has 1 aliphatic heterocycles. The van der Waals surface area contributed by atoms with Crippen molar-refractivity contribution in [3.05, 3.63) is 77.2 Å². The zero-order valence-corrected chi connectivity index (χ0v) is 17.7. The van der Waals surface area contributed by atoms with Gasteiger partial charge in [-0.15, -0.1) is 11.3 Å². The zero-order chi connectivity index (χ0) is 21.1. The van der Waals surface area contributed by atoms with Gasteiger partial charge >= 0.3 is 0 Å². The molecule has 5 nitrogen and oxygen atoms in total. The van der Waals surface area contributed by atoms with E-state index in [1.54, 1.807) is 47.6 Å². The highest BCUT2D eigenvalue weighted by molar-refractivity contribution is 7.13. The van der Waals surface area contributed by atoms with Crippen molar-refractivity contribution >= 4 is 23.2 Å². The minimum atomic E-state index is -0.751. The topological polar surface area (TPSA) is 72.6 Å². The van der Waals surface area contributed by atoms with Crippen LogP contribution in [-0.4, -0.2) is 36.9 Å². The van der Waals surface area contributed by atoms with Crippen LogP contribution in [0.15, 0.2) is 66.0 Å². The SMILES string of the molecule is COc1cccc(C(=O)N2CC[C@](Cc3ccc(-c4cccs4)cc3)(C(N)=O)C2)c1. The standard InChI is InChI=1S/C24H24N2O3S/c1-29-20-5-2-4-19(14-20)22(27)26-12-11-24(16-26,23(25)28)15-17-7-9-18(10-8-17)21-6-3-13-30-21/h2-10,13-14H,11-12,15-16H2,1H3,(H2,25,28)/t24-/m1/s1. The van der Waals surface area contributed by atoms with Gasteiger partial charge in [0.2, 0.25) is 5.91 Å². The number of likely N-dealkylation sites (tertiary alicyclic amines) is 1. The van der Waals surface area contributed by atoms with Crippen LogP contribution in [-0.2, 0) is 11.2 Å². The summed E-state index contributed by atoms with van der Waals surface area (Å²) in [5.74, 6) is 0.169. The summed E-state index contributed by atoms with van der Waals surface area (Å²) in [4.78, 5) is 28.4. The normalized spacial score (nSPS) is 18.4. The van der Waals surface area contributed by atoms with Gasteiger partial charge in [-0.2, -0.15) is 0 Å². The average Bonchev–Trinajstić information content (AvgIpc) is 3.45. The number of benzene rings is 2. The Morgan fingerprint density at radius 2 is 1.93 bits per heavy atom. The van der Waals surface area contributed by atoms with E-state index in [0.29, 0.717) is 37.2 Å². The predicted molar refractivity (Wildman–Crippen MR) is 119 cm³/mol. The minimum absolute atomic E-state index is 0.106. The summed E-state index contributed by atoms with van der Waals surface area (Å²) in [6.07, 6.45) is 1.08. The van der Waals surface area contributed by atoms with Gasteiger partial charge in [0.25, 0.3) is 5.91 Å². The van der Waals surface area contributed by atoms with Crippen molar-refractivity contribution in [1.29, 1.82) is 0 Å². The maximum Gasteiger partial charge on any atom is 0.254 e. The lowest BCUT2D eigenvalue weighted by atomic mass is 9.80. The largest absolute Gasteiger partial charge is 0.497 e. The molecule has 1 aliphatic rings. The third-order valence-corrected chi connectivity index (χ3v) is 6.70. The van der Waals surface area contributed by atoms with Gasteiger partial charge in [-0.05, 0) is 53.6 Å². The van der Waals surface area contributed by atoms with Gasteiger partial charge in [0.05, 0.1) is 12.5 Å².